The van der Waals surface area contributed by atoms with Gasteiger partial charge in [0.25, 0.3) is 0 Å². The fourth-order valence-corrected chi connectivity index (χ4v) is 4.37. The number of nitrogens with zero attached hydrogens (tertiary/aromatic N) is 8. The van der Waals surface area contributed by atoms with Gasteiger partial charge in [0.05, 0.1) is 42.4 Å². The van der Waals surface area contributed by atoms with E-state index in [1.54, 1.807) is 0 Å². The van der Waals surface area contributed by atoms with Crippen LogP contribution in [0.3, 0.4) is 0 Å². The summed E-state index contributed by atoms with van der Waals surface area (Å²) in [5.74, 6) is 2.01. The molecule has 0 aliphatic carbocycles. The van der Waals surface area contributed by atoms with Gasteiger partial charge in [-0.25, -0.2) is 39.9 Å². The van der Waals surface area contributed by atoms with Gasteiger partial charge < -0.3 is 14.2 Å². The van der Waals surface area contributed by atoms with Crippen molar-refractivity contribution in [2.24, 2.45) is 15.0 Å². The summed E-state index contributed by atoms with van der Waals surface area (Å²) < 4.78 is 16.9. The zero-order valence-corrected chi connectivity index (χ0v) is 20.8. The molecular formula is C28H22N8O3. The van der Waals surface area contributed by atoms with Gasteiger partial charge >= 0.3 is 0 Å². The Hall–Kier alpha value is -5.06. The Morgan fingerprint density at radius 2 is 0.795 bits per heavy atom. The Balaban J connectivity index is 1.35. The van der Waals surface area contributed by atoms with Crippen molar-refractivity contribution in [2.75, 3.05) is 39.5 Å². The second-order valence-electron chi connectivity index (χ2n) is 8.79. The molecule has 7 heterocycles. The van der Waals surface area contributed by atoms with E-state index in [1.807, 2.05) is 60.7 Å². The van der Waals surface area contributed by atoms with Crippen molar-refractivity contribution in [1.82, 2.24) is 24.9 Å². The molecule has 3 aliphatic rings. The second kappa shape index (κ2) is 10.0. The molecule has 192 valence electrons. The van der Waals surface area contributed by atoms with Gasteiger partial charge in [0.15, 0.2) is 5.82 Å². The number of aromatic nitrogens is 5. The third-order valence-corrected chi connectivity index (χ3v) is 6.14. The molecule has 0 saturated carbocycles. The molecule has 4 aromatic rings. The summed E-state index contributed by atoms with van der Waals surface area (Å²) in [6, 6.07) is 18.8. The van der Waals surface area contributed by atoms with Crippen LogP contribution in [0, 0.1) is 0 Å². The van der Waals surface area contributed by atoms with Crippen LogP contribution in [0.4, 0.5) is 0 Å². The van der Waals surface area contributed by atoms with E-state index in [1.165, 1.54) is 0 Å². The molecule has 7 rings (SSSR count). The normalized spacial score (nSPS) is 16.2. The summed E-state index contributed by atoms with van der Waals surface area (Å²) >= 11 is 0. The van der Waals surface area contributed by atoms with Crippen LogP contribution in [0.2, 0.25) is 0 Å². The summed E-state index contributed by atoms with van der Waals surface area (Å²) in [4.78, 5) is 37.2. The highest BCUT2D eigenvalue weighted by molar-refractivity contribution is 5.95. The van der Waals surface area contributed by atoms with Crippen molar-refractivity contribution in [1.29, 1.82) is 0 Å². The fourth-order valence-electron chi connectivity index (χ4n) is 4.37. The van der Waals surface area contributed by atoms with E-state index < -0.39 is 0 Å². The van der Waals surface area contributed by atoms with Crippen LogP contribution >= 0.6 is 0 Å². The van der Waals surface area contributed by atoms with Gasteiger partial charge in [-0.15, -0.1) is 0 Å². The van der Waals surface area contributed by atoms with E-state index in [9.17, 15) is 0 Å². The van der Waals surface area contributed by atoms with Crippen molar-refractivity contribution < 1.29 is 14.2 Å². The van der Waals surface area contributed by atoms with E-state index in [2.05, 4.69) is 15.0 Å². The highest BCUT2D eigenvalue weighted by Gasteiger charge is 2.19. The van der Waals surface area contributed by atoms with Crippen molar-refractivity contribution in [2.45, 2.75) is 0 Å². The maximum atomic E-state index is 5.63. The van der Waals surface area contributed by atoms with E-state index in [0.717, 1.165) is 0 Å². The third kappa shape index (κ3) is 4.70. The highest BCUT2D eigenvalue weighted by atomic mass is 16.5. The van der Waals surface area contributed by atoms with Crippen LogP contribution in [0.25, 0.3) is 34.3 Å². The first-order valence-corrected chi connectivity index (χ1v) is 12.6. The summed E-state index contributed by atoms with van der Waals surface area (Å²) in [5.41, 5.74) is 5.03. The predicted molar refractivity (Wildman–Crippen MR) is 144 cm³/mol. The van der Waals surface area contributed by atoms with Crippen LogP contribution in [0.1, 0.15) is 17.1 Å². The molecule has 0 atom stereocenters. The van der Waals surface area contributed by atoms with Gasteiger partial charge in [-0.2, -0.15) is 0 Å². The second-order valence-corrected chi connectivity index (χ2v) is 8.79. The minimum Gasteiger partial charge on any atom is -0.474 e. The number of pyridine rings is 3. The zero-order valence-electron chi connectivity index (χ0n) is 20.8. The molecule has 4 aromatic heterocycles. The Kier molecular flexibility index (Phi) is 5.93. The lowest BCUT2D eigenvalue weighted by Gasteiger charge is -2.10. The van der Waals surface area contributed by atoms with Gasteiger partial charge in [-0.3, -0.25) is 0 Å². The lowest BCUT2D eigenvalue weighted by Crippen LogP contribution is -2.07. The quantitative estimate of drug-likeness (QED) is 0.381. The monoisotopic (exact) mass is 518 g/mol. The molecule has 0 saturated heterocycles. The van der Waals surface area contributed by atoms with E-state index >= 15 is 0 Å². The first-order chi connectivity index (χ1) is 19.3. The molecule has 11 nitrogen and oxygen atoms in total. The topological polar surface area (TPSA) is 129 Å². The maximum absolute atomic E-state index is 5.63. The van der Waals surface area contributed by atoms with Crippen LogP contribution < -0.4 is 0 Å². The Morgan fingerprint density at radius 1 is 0.410 bits per heavy atom. The molecule has 3 aliphatic heterocycles. The first-order valence-electron chi connectivity index (χ1n) is 12.6. The summed E-state index contributed by atoms with van der Waals surface area (Å²) in [7, 11) is 0. The number of aliphatic imine (C=N–C) groups is 3. The van der Waals surface area contributed by atoms with Gasteiger partial charge in [-0.05, 0) is 42.5 Å². The van der Waals surface area contributed by atoms with Crippen molar-refractivity contribution >= 4 is 17.7 Å². The van der Waals surface area contributed by atoms with Crippen LogP contribution in [-0.2, 0) is 14.2 Å². The molecule has 11 heteroatoms. The minimum atomic E-state index is 0.422. The predicted octanol–water partition coefficient (Wildman–Crippen LogP) is 2.99. The molecule has 0 amide bonds. The minimum absolute atomic E-state index is 0.422. The van der Waals surface area contributed by atoms with Crippen LogP contribution in [-0.4, -0.2) is 82.1 Å². The van der Waals surface area contributed by atoms with E-state index in [0.29, 0.717) is 109 Å². The van der Waals surface area contributed by atoms with Crippen LogP contribution in [0.5, 0.6) is 0 Å². The summed E-state index contributed by atoms with van der Waals surface area (Å²) in [6.07, 6.45) is 0. The molecular weight excluding hydrogens is 496 g/mol. The maximum Gasteiger partial charge on any atom is 0.235 e. The number of hydrogen-bond acceptors (Lipinski definition) is 11. The van der Waals surface area contributed by atoms with Crippen molar-refractivity contribution in [3.05, 3.63) is 77.7 Å². The highest BCUT2D eigenvalue weighted by Crippen LogP contribution is 2.26. The van der Waals surface area contributed by atoms with E-state index in [4.69, 9.17) is 39.1 Å². The van der Waals surface area contributed by atoms with Gasteiger partial charge in [0, 0.05) is 0 Å². The van der Waals surface area contributed by atoms with Crippen LogP contribution in [0.15, 0.2) is 75.6 Å². The number of hydrogen-bond donors (Lipinski definition) is 0. The smallest absolute Gasteiger partial charge is 0.235 e. The molecule has 39 heavy (non-hydrogen) atoms. The number of rotatable bonds is 6. The van der Waals surface area contributed by atoms with Gasteiger partial charge in [-0.1, -0.05) is 18.2 Å². The lowest BCUT2D eigenvalue weighted by molar-refractivity contribution is 0.347. The average molecular weight is 519 g/mol. The SMILES string of the molecule is c1cc(C2=NCCO2)nc(-c2cc(-c3cccc(C4=NCCO4)n3)nc(-c3cccc(C4=NCCO4)n3)n2)c1. The van der Waals surface area contributed by atoms with Crippen molar-refractivity contribution in [3.63, 3.8) is 0 Å². The Labute approximate surface area is 223 Å². The Morgan fingerprint density at radius 3 is 1.21 bits per heavy atom. The summed E-state index contributed by atoms with van der Waals surface area (Å²) in [6.45, 7) is 3.51. The number of ether oxygens (including phenoxy) is 3. The third-order valence-electron chi connectivity index (χ3n) is 6.14. The summed E-state index contributed by atoms with van der Waals surface area (Å²) in [5, 5.41) is 0. The molecule has 0 aromatic carbocycles. The Bertz CT molecular complexity index is 1460. The molecule has 0 spiro atoms. The molecule has 0 N–H and O–H groups in total. The lowest BCUT2D eigenvalue weighted by atomic mass is 10.1. The molecule has 0 fully saturated rings. The molecule has 0 radical (unpaired) electrons. The molecule has 0 unspecified atom stereocenters. The van der Waals surface area contributed by atoms with E-state index in [-0.39, 0.29) is 0 Å². The van der Waals surface area contributed by atoms with Gasteiger partial charge in [0.2, 0.25) is 17.7 Å². The average Bonchev–Trinajstić information content (AvgIpc) is 3.81. The van der Waals surface area contributed by atoms with Crippen molar-refractivity contribution in [3.8, 4) is 34.3 Å². The standard InChI is InChI=1S/C28H22N8O3/c1-4-17(32-20(7-1)26-29-10-13-37-26)23-16-24(18-5-2-8-21(33-18)27-30-11-14-38-27)36-25(35-23)19-6-3-9-22(34-19)28-31-12-15-39-28/h1-9,16H,10-15H2. The fraction of sp³-hybridized carbons (Fsp3) is 0.214. The first kappa shape index (κ1) is 23.1. The zero-order chi connectivity index (χ0) is 26.0. The largest absolute Gasteiger partial charge is 0.474 e. The van der Waals surface area contributed by atoms with Gasteiger partial charge in [0.1, 0.15) is 42.6 Å². The molecule has 0 bridgehead atoms.